The highest BCUT2D eigenvalue weighted by Crippen LogP contribution is 2.32. The fraction of sp³-hybridized carbons (Fsp3) is 0.211. The second-order valence-corrected chi connectivity index (χ2v) is 6.52. The van der Waals surface area contributed by atoms with Crippen LogP contribution in [0.5, 0.6) is 0 Å². The Hall–Kier alpha value is -2.26. The molecule has 0 radical (unpaired) electrons. The highest BCUT2D eigenvalue weighted by atomic mass is 35.5. The molecule has 0 saturated heterocycles. The monoisotopic (exact) mass is 323 g/mol. The summed E-state index contributed by atoms with van der Waals surface area (Å²) in [5, 5.41) is 0.723. The maximum absolute atomic E-state index is 6.10. The van der Waals surface area contributed by atoms with Crippen LogP contribution in [0.25, 0.3) is 22.4 Å². The molecule has 0 atom stereocenters. The Bertz CT molecular complexity index is 893. The molecule has 1 aliphatic rings. The van der Waals surface area contributed by atoms with E-state index >= 15 is 0 Å². The van der Waals surface area contributed by atoms with E-state index in [9.17, 15) is 0 Å². The number of benzene rings is 2. The third-order valence-corrected chi connectivity index (χ3v) is 4.72. The fourth-order valence-electron chi connectivity index (χ4n) is 2.91. The van der Waals surface area contributed by atoms with Crippen LogP contribution < -0.4 is 0 Å². The zero-order valence-corrected chi connectivity index (χ0v) is 13.8. The first-order valence-electron chi connectivity index (χ1n) is 7.78. The second-order valence-electron chi connectivity index (χ2n) is 6.09. The molecule has 0 bridgehead atoms. The van der Waals surface area contributed by atoms with Crippen molar-refractivity contribution in [1.82, 2.24) is 14.5 Å². The first kappa shape index (κ1) is 14.3. The summed E-state index contributed by atoms with van der Waals surface area (Å²) < 4.78 is 2.05. The highest BCUT2D eigenvalue weighted by molar-refractivity contribution is 6.30. The molecule has 1 fully saturated rings. The van der Waals surface area contributed by atoms with Gasteiger partial charge >= 0.3 is 0 Å². The maximum Gasteiger partial charge on any atom is 0.100 e. The quantitative estimate of drug-likeness (QED) is 0.691. The molecule has 3 aromatic rings. The molecule has 0 unspecified atom stereocenters. The standard InChI is InChI=1S/C19H18ClN3/c1-13(22(2)16-7-8-16)14-6-9-19-18(10-14)21-12-23(19)17-5-3-4-15(20)11-17/h3-6,9-12,16H,1,7-8H2,2H3. The number of nitrogens with zero attached hydrogens (tertiary/aromatic N) is 3. The van der Waals surface area contributed by atoms with Crippen molar-refractivity contribution in [3.63, 3.8) is 0 Å². The zero-order chi connectivity index (χ0) is 16.0. The third kappa shape index (κ3) is 2.62. The average Bonchev–Trinajstić information content (AvgIpc) is 3.32. The molecule has 1 aliphatic carbocycles. The van der Waals surface area contributed by atoms with Gasteiger partial charge in [-0.25, -0.2) is 4.98 Å². The van der Waals surface area contributed by atoms with E-state index in [0.29, 0.717) is 6.04 Å². The summed E-state index contributed by atoms with van der Waals surface area (Å²) in [6.07, 6.45) is 4.37. The number of halogens is 1. The van der Waals surface area contributed by atoms with Crippen molar-refractivity contribution in [1.29, 1.82) is 0 Å². The zero-order valence-electron chi connectivity index (χ0n) is 13.0. The minimum Gasteiger partial charge on any atom is -0.372 e. The molecular formula is C19H18ClN3. The van der Waals surface area contributed by atoms with E-state index in [1.54, 1.807) is 0 Å². The summed E-state index contributed by atoms with van der Waals surface area (Å²) in [4.78, 5) is 6.82. The molecule has 4 rings (SSSR count). The van der Waals surface area contributed by atoms with E-state index in [0.717, 1.165) is 33.0 Å². The van der Waals surface area contributed by atoms with Gasteiger partial charge in [0.25, 0.3) is 0 Å². The Morgan fingerprint density at radius 2 is 2.09 bits per heavy atom. The Morgan fingerprint density at radius 1 is 1.26 bits per heavy atom. The molecule has 1 heterocycles. The molecular weight excluding hydrogens is 306 g/mol. The number of aromatic nitrogens is 2. The first-order chi connectivity index (χ1) is 11.1. The van der Waals surface area contributed by atoms with Gasteiger partial charge in [-0.15, -0.1) is 0 Å². The van der Waals surface area contributed by atoms with Crippen molar-refractivity contribution in [2.45, 2.75) is 18.9 Å². The van der Waals surface area contributed by atoms with Gasteiger partial charge in [0.05, 0.1) is 11.0 Å². The summed E-state index contributed by atoms with van der Waals surface area (Å²) in [6, 6.07) is 14.8. The van der Waals surface area contributed by atoms with Crippen molar-refractivity contribution >= 4 is 28.3 Å². The van der Waals surface area contributed by atoms with Crippen LogP contribution in [-0.4, -0.2) is 27.5 Å². The van der Waals surface area contributed by atoms with Crippen molar-refractivity contribution < 1.29 is 0 Å². The number of fused-ring (bicyclic) bond motifs is 1. The molecule has 2 aromatic carbocycles. The van der Waals surface area contributed by atoms with E-state index in [4.69, 9.17) is 11.6 Å². The SMILES string of the molecule is C=C(c1ccc2c(c1)ncn2-c1cccc(Cl)c1)N(C)C1CC1. The van der Waals surface area contributed by atoms with Gasteiger partial charge in [0, 0.05) is 29.5 Å². The van der Waals surface area contributed by atoms with Gasteiger partial charge in [-0.2, -0.15) is 0 Å². The van der Waals surface area contributed by atoms with E-state index in [-0.39, 0.29) is 0 Å². The molecule has 1 aromatic heterocycles. The minimum absolute atomic E-state index is 0.655. The number of imidazole rings is 1. The molecule has 1 saturated carbocycles. The van der Waals surface area contributed by atoms with Crippen LogP contribution in [0.1, 0.15) is 18.4 Å². The highest BCUT2D eigenvalue weighted by Gasteiger charge is 2.27. The summed E-state index contributed by atoms with van der Waals surface area (Å²) >= 11 is 6.10. The predicted octanol–water partition coefficient (Wildman–Crippen LogP) is 4.74. The normalized spacial score (nSPS) is 14.2. The lowest BCUT2D eigenvalue weighted by atomic mass is 10.1. The largest absolute Gasteiger partial charge is 0.372 e. The van der Waals surface area contributed by atoms with Gasteiger partial charge in [-0.1, -0.05) is 30.3 Å². The second kappa shape index (κ2) is 5.43. The molecule has 3 nitrogen and oxygen atoms in total. The number of hydrogen-bond donors (Lipinski definition) is 0. The van der Waals surface area contributed by atoms with Gasteiger partial charge in [0.1, 0.15) is 6.33 Å². The molecule has 0 aliphatic heterocycles. The smallest absolute Gasteiger partial charge is 0.100 e. The van der Waals surface area contributed by atoms with Crippen molar-refractivity contribution in [3.8, 4) is 5.69 Å². The third-order valence-electron chi connectivity index (χ3n) is 4.49. The number of rotatable bonds is 4. The van der Waals surface area contributed by atoms with Crippen molar-refractivity contribution in [2.75, 3.05) is 7.05 Å². The molecule has 0 N–H and O–H groups in total. The topological polar surface area (TPSA) is 21.1 Å². The number of hydrogen-bond acceptors (Lipinski definition) is 2. The summed E-state index contributed by atoms with van der Waals surface area (Å²) in [5.74, 6) is 0. The van der Waals surface area contributed by atoms with Crippen LogP contribution >= 0.6 is 11.6 Å². The Morgan fingerprint density at radius 3 is 2.83 bits per heavy atom. The van der Waals surface area contributed by atoms with Gasteiger partial charge in [0.2, 0.25) is 0 Å². The summed E-state index contributed by atoms with van der Waals surface area (Å²) in [7, 11) is 2.12. The maximum atomic E-state index is 6.10. The van der Waals surface area contributed by atoms with Crippen LogP contribution in [0.4, 0.5) is 0 Å². The van der Waals surface area contributed by atoms with Crippen LogP contribution in [0.3, 0.4) is 0 Å². The van der Waals surface area contributed by atoms with Crippen molar-refractivity contribution in [3.05, 3.63) is 66.0 Å². The Balaban J connectivity index is 1.73. The molecule has 0 amide bonds. The summed E-state index contributed by atoms with van der Waals surface area (Å²) in [5.41, 5.74) is 5.24. The lowest BCUT2D eigenvalue weighted by Gasteiger charge is -2.21. The van der Waals surface area contributed by atoms with Crippen LogP contribution in [0.15, 0.2) is 55.4 Å². The molecule has 0 spiro atoms. The minimum atomic E-state index is 0.655. The Labute approximate surface area is 140 Å². The average molecular weight is 324 g/mol. The van der Waals surface area contributed by atoms with Gasteiger partial charge in [-0.3, -0.25) is 4.57 Å². The van der Waals surface area contributed by atoms with E-state index in [2.05, 4.69) is 46.3 Å². The predicted molar refractivity (Wildman–Crippen MR) is 95.9 cm³/mol. The van der Waals surface area contributed by atoms with Crippen LogP contribution in [0.2, 0.25) is 5.02 Å². The molecule has 23 heavy (non-hydrogen) atoms. The van der Waals surface area contributed by atoms with Gasteiger partial charge in [-0.05, 0) is 48.7 Å². The van der Waals surface area contributed by atoms with Crippen molar-refractivity contribution in [2.24, 2.45) is 0 Å². The lowest BCUT2D eigenvalue weighted by Crippen LogP contribution is -2.18. The van der Waals surface area contributed by atoms with E-state index < -0.39 is 0 Å². The van der Waals surface area contributed by atoms with Crippen LogP contribution in [0, 0.1) is 0 Å². The molecule has 116 valence electrons. The first-order valence-corrected chi connectivity index (χ1v) is 8.16. The summed E-state index contributed by atoms with van der Waals surface area (Å²) in [6.45, 7) is 4.24. The van der Waals surface area contributed by atoms with E-state index in [1.165, 1.54) is 12.8 Å². The van der Waals surface area contributed by atoms with Crippen LogP contribution in [-0.2, 0) is 0 Å². The molecule has 4 heteroatoms. The van der Waals surface area contributed by atoms with Gasteiger partial charge in [0.15, 0.2) is 0 Å². The van der Waals surface area contributed by atoms with Gasteiger partial charge < -0.3 is 4.90 Å². The fourth-order valence-corrected chi connectivity index (χ4v) is 3.09. The Kier molecular flexibility index (Phi) is 3.38. The van der Waals surface area contributed by atoms with E-state index in [1.807, 2.05) is 30.6 Å². The lowest BCUT2D eigenvalue weighted by molar-refractivity contribution is 0.472.